The molecule has 76 valence electrons. The number of phenols is 1. The number of fused-ring (bicyclic) bond motifs is 2. The molecule has 15 heavy (non-hydrogen) atoms. The van der Waals surface area contributed by atoms with E-state index in [0.717, 1.165) is 16.5 Å². The summed E-state index contributed by atoms with van der Waals surface area (Å²) < 4.78 is 10.9. The minimum atomic E-state index is 0.268. The zero-order valence-electron chi connectivity index (χ0n) is 8.06. The van der Waals surface area contributed by atoms with Crippen LogP contribution in [0.15, 0.2) is 30.3 Å². The number of ether oxygens (including phenoxy) is 2. The summed E-state index contributed by atoms with van der Waals surface area (Å²) in [6.07, 6.45) is 0. The van der Waals surface area contributed by atoms with Crippen LogP contribution in [-0.4, -0.2) is 18.3 Å². The van der Waals surface area contributed by atoms with Crippen molar-refractivity contribution in [2.75, 3.05) is 13.2 Å². The van der Waals surface area contributed by atoms with Gasteiger partial charge < -0.3 is 14.6 Å². The Hall–Kier alpha value is -1.90. The van der Waals surface area contributed by atoms with E-state index in [-0.39, 0.29) is 5.75 Å². The van der Waals surface area contributed by atoms with Gasteiger partial charge in [-0.05, 0) is 23.6 Å². The molecule has 3 rings (SSSR count). The second-order valence-electron chi connectivity index (χ2n) is 3.49. The molecule has 0 saturated heterocycles. The lowest BCUT2D eigenvalue weighted by atomic mass is 10.1. The maximum Gasteiger partial charge on any atom is 0.162 e. The minimum absolute atomic E-state index is 0.268. The third-order valence-corrected chi connectivity index (χ3v) is 2.52. The monoisotopic (exact) mass is 202 g/mol. The molecule has 0 saturated carbocycles. The highest BCUT2D eigenvalue weighted by molar-refractivity contribution is 5.91. The second-order valence-corrected chi connectivity index (χ2v) is 3.49. The van der Waals surface area contributed by atoms with E-state index in [4.69, 9.17) is 9.47 Å². The van der Waals surface area contributed by atoms with Gasteiger partial charge in [-0.15, -0.1) is 0 Å². The number of rotatable bonds is 0. The van der Waals surface area contributed by atoms with Gasteiger partial charge in [-0.25, -0.2) is 0 Å². The van der Waals surface area contributed by atoms with Crippen molar-refractivity contribution in [3.05, 3.63) is 30.3 Å². The first-order valence-corrected chi connectivity index (χ1v) is 4.86. The molecule has 3 heteroatoms. The highest BCUT2D eigenvalue weighted by atomic mass is 16.6. The molecule has 0 radical (unpaired) electrons. The van der Waals surface area contributed by atoms with Crippen LogP contribution in [0.4, 0.5) is 0 Å². The largest absolute Gasteiger partial charge is 0.507 e. The Bertz CT molecular complexity index is 520. The van der Waals surface area contributed by atoms with E-state index in [1.54, 1.807) is 6.07 Å². The van der Waals surface area contributed by atoms with Crippen LogP contribution in [0, 0.1) is 0 Å². The fourth-order valence-corrected chi connectivity index (χ4v) is 1.80. The third-order valence-electron chi connectivity index (χ3n) is 2.52. The van der Waals surface area contributed by atoms with Gasteiger partial charge in [0.2, 0.25) is 0 Å². The van der Waals surface area contributed by atoms with Gasteiger partial charge in [0.05, 0.1) is 0 Å². The highest BCUT2D eigenvalue weighted by Crippen LogP contribution is 2.37. The molecule has 0 atom stereocenters. The molecule has 0 fully saturated rings. The smallest absolute Gasteiger partial charge is 0.162 e. The maximum absolute atomic E-state index is 9.68. The number of hydrogen-bond acceptors (Lipinski definition) is 3. The highest BCUT2D eigenvalue weighted by Gasteiger charge is 2.13. The van der Waals surface area contributed by atoms with Crippen molar-refractivity contribution in [3.8, 4) is 17.2 Å². The standard InChI is InChI=1S/C12H10O3/c13-10-3-1-2-8-6-11-12(7-9(8)10)15-5-4-14-11/h1-3,6-7,13H,4-5H2. The van der Waals surface area contributed by atoms with Crippen LogP contribution in [0.25, 0.3) is 10.8 Å². The van der Waals surface area contributed by atoms with Gasteiger partial charge in [0.15, 0.2) is 11.5 Å². The van der Waals surface area contributed by atoms with Gasteiger partial charge in [0, 0.05) is 5.39 Å². The second kappa shape index (κ2) is 3.05. The summed E-state index contributed by atoms with van der Waals surface area (Å²) in [6, 6.07) is 9.13. The van der Waals surface area contributed by atoms with Crippen molar-refractivity contribution in [1.82, 2.24) is 0 Å². The fourth-order valence-electron chi connectivity index (χ4n) is 1.80. The van der Waals surface area contributed by atoms with E-state index in [0.29, 0.717) is 19.0 Å². The normalized spacial score (nSPS) is 14.1. The van der Waals surface area contributed by atoms with Crippen molar-refractivity contribution in [3.63, 3.8) is 0 Å². The summed E-state index contributed by atoms with van der Waals surface area (Å²) in [5, 5.41) is 11.4. The SMILES string of the molecule is Oc1cccc2cc3c(cc12)OCCO3. The van der Waals surface area contributed by atoms with E-state index < -0.39 is 0 Å². The van der Waals surface area contributed by atoms with Gasteiger partial charge in [-0.2, -0.15) is 0 Å². The number of aromatic hydroxyl groups is 1. The molecule has 1 N–H and O–H groups in total. The van der Waals surface area contributed by atoms with E-state index in [1.165, 1.54) is 0 Å². The summed E-state index contributed by atoms with van der Waals surface area (Å²) in [5.74, 6) is 1.72. The van der Waals surface area contributed by atoms with Crippen LogP contribution >= 0.6 is 0 Å². The van der Waals surface area contributed by atoms with Crippen LogP contribution in [0.1, 0.15) is 0 Å². The van der Waals surface area contributed by atoms with E-state index in [9.17, 15) is 5.11 Å². The van der Waals surface area contributed by atoms with Gasteiger partial charge >= 0.3 is 0 Å². The first kappa shape index (κ1) is 8.41. The van der Waals surface area contributed by atoms with Crippen LogP contribution in [0.3, 0.4) is 0 Å². The number of benzene rings is 2. The molecule has 2 aromatic carbocycles. The molecule has 0 amide bonds. The average molecular weight is 202 g/mol. The molecule has 1 aliphatic heterocycles. The number of hydrogen-bond donors (Lipinski definition) is 1. The predicted octanol–water partition coefficient (Wildman–Crippen LogP) is 2.32. The first-order valence-electron chi connectivity index (χ1n) is 4.86. The lowest BCUT2D eigenvalue weighted by Crippen LogP contribution is -2.15. The minimum Gasteiger partial charge on any atom is -0.507 e. The molecule has 1 heterocycles. The van der Waals surface area contributed by atoms with Crippen molar-refractivity contribution < 1.29 is 14.6 Å². The third kappa shape index (κ3) is 1.28. The van der Waals surface area contributed by atoms with Gasteiger partial charge in [0.1, 0.15) is 19.0 Å². The van der Waals surface area contributed by atoms with Gasteiger partial charge in [-0.3, -0.25) is 0 Å². The summed E-state index contributed by atoms with van der Waals surface area (Å²) in [5.41, 5.74) is 0. The Morgan fingerprint density at radius 2 is 1.73 bits per heavy atom. The van der Waals surface area contributed by atoms with Crippen LogP contribution in [-0.2, 0) is 0 Å². The Balaban J connectivity index is 2.31. The summed E-state index contributed by atoms with van der Waals surface area (Å²) in [6.45, 7) is 1.14. The van der Waals surface area contributed by atoms with Gasteiger partial charge in [-0.1, -0.05) is 12.1 Å². The van der Waals surface area contributed by atoms with E-state index >= 15 is 0 Å². The quantitative estimate of drug-likeness (QED) is 0.712. The lowest BCUT2D eigenvalue weighted by Gasteiger charge is -2.19. The van der Waals surface area contributed by atoms with Crippen molar-refractivity contribution >= 4 is 10.8 Å². The molecular formula is C12H10O3. The zero-order valence-corrected chi connectivity index (χ0v) is 8.06. The Morgan fingerprint density at radius 1 is 1.00 bits per heavy atom. The Labute approximate surface area is 86.9 Å². The average Bonchev–Trinajstić information content (AvgIpc) is 2.27. The Morgan fingerprint density at radius 3 is 2.53 bits per heavy atom. The molecule has 2 aromatic rings. The topological polar surface area (TPSA) is 38.7 Å². The maximum atomic E-state index is 9.68. The molecular weight excluding hydrogens is 192 g/mol. The van der Waals surface area contributed by atoms with Crippen molar-refractivity contribution in [2.45, 2.75) is 0 Å². The predicted molar refractivity (Wildman–Crippen MR) is 56.6 cm³/mol. The Kier molecular flexibility index (Phi) is 1.71. The van der Waals surface area contributed by atoms with Crippen LogP contribution in [0.2, 0.25) is 0 Å². The molecule has 0 spiro atoms. The van der Waals surface area contributed by atoms with E-state index in [2.05, 4.69) is 0 Å². The van der Waals surface area contributed by atoms with Gasteiger partial charge in [0.25, 0.3) is 0 Å². The zero-order chi connectivity index (χ0) is 10.3. The summed E-state index contributed by atoms with van der Waals surface area (Å²) >= 11 is 0. The molecule has 0 aliphatic carbocycles. The van der Waals surface area contributed by atoms with Crippen molar-refractivity contribution in [1.29, 1.82) is 0 Å². The lowest BCUT2D eigenvalue weighted by molar-refractivity contribution is 0.172. The first-order chi connectivity index (χ1) is 7.34. The molecule has 3 nitrogen and oxygen atoms in total. The number of phenolic OH excluding ortho intramolecular Hbond substituents is 1. The van der Waals surface area contributed by atoms with Crippen LogP contribution < -0.4 is 9.47 Å². The molecule has 0 unspecified atom stereocenters. The fraction of sp³-hybridized carbons (Fsp3) is 0.167. The molecule has 1 aliphatic rings. The summed E-state index contributed by atoms with van der Waals surface area (Å²) in [4.78, 5) is 0. The van der Waals surface area contributed by atoms with Crippen LogP contribution in [0.5, 0.6) is 17.2 Å². The van der Waals surface area contributed by atoms with Crippen molar-refractivity contribution in [2.24, 2.45) is 0 Å². The molecule has 0 aromatic heterocycles. The molecule has 0 bridgehead atoms. The van der Waals surface area contributed by atoms with E-state index in [1.807, 2.05) is 24.3 Å². The summed E-state index contributed by atoms with van der Waals surface area (Å²) in [7, 11) is 0.